The molecule has 0 aliphatic carbocycles. The van der Waals surface area contributed by atoms with Crippen molar-refractivity contribution in [1.82, 2.24) is 9.97 Å². The number of hydrogen-bond acceptors (Lipinski definition) is 2. The van der Waals surface area contributed by atoms with Gasteiger partial charge in [0.05, 0.1) is 0 Å². The minimum Gasteiger partial charge on any atom is -0.264 e. The molecule has 0 aliphatic rings. The fourth-order valence-electron chi connectivity index (χ4n) is 2.01. The molecule has 2 heterocycles. The van der Waals surface area contributed by atoms with Crippen molar-refractivity contribution < 1.29 is 0 Å². The summed E-state index contributed by atoms with van der Waals surface area (Å²) in [6.07, 6.45) is 5.58. The van der Waals surface area contributed by atoms with Crippen LogP contribution in [0.1, 0.15) is 5.69 Å². The molecule has 0 saturated carbocycles. The number of aromatic nitrogens is 2. The number of benzene rings is 1. The quantitative estimate of drug-likeness (QED) is 0.514. The highest BCUT2D eigenvalue weighted by molar-refractivity contribution is 6.07. The lowest BCUT2D eigenvalue weighted by Gasteiger charge is -2.04. The smallest absolute Gasteiger partial charge is 0.0457 e. The minimum atomic E-state index is 1.06. The lowest BCUT2D eigenvalue weighted by Crippen LogP contribution is -1.85. The van der Waals surface area contributed by atoms with Gasteiger partial charge in [0.25, 0.3) is 0 Å². The number of rotatable bonds is 0. The van der Waals surface area contributed by atoms with Crippen molar-refractivity contribution in [3.8, 4) is 0 Å². The highest BCUT2D eigenvalue weighted by Gasteiger charge is 2.02. The zero-order chi connectivity index (χ0) is 10.3. The van der Waals surface area contributed by atoms with Crippen LogP contribution >= 0.6 is 0 Å². The van der Waals surface area contributed by atoms with Gasteiger partial charge in [0.15, 0.2) is 0 Å². The van der Waals surface area contributed by atoms with Crippen molar-refractivity contribution in [2.45, 2.75) is 6.92 Å². The maximum absolute atomic E-state index is 4.33. The third-order valence-corrected chi connectivity index (χ3v) is 2.74. The van der Waals surface area contributed by atoms with E-state index < -0.39 is 0 Å². The van der Waals surface area contributed by atoms with Crippen LogP contribution < -0.4 is 0 Å². The average molecular weight is 194 g/mol. The van der Waals surface area contributed by atoms with Gasteiger partial charge in [-0.1, -0.05) is 12.1 Å². The fraction of sp³-hybridized carbons (Fsp3) is 0.0769. The molecule has 0 atom stereocenters. The Bertz CT molecular complexity index is 644. The summed E-state index contributed by atoms with van der Waals surface area (Å²) in [5.74, 6) is 0. The molecule has 15 heavy (non-hydrogen) atoms. The van der Waals surface area contributed by atoms with Crippen LogP contribution in [0.3, 0.4) is 0 Å². The van der Waals surface area contributed by atoms with Crippen LogP contribution in [0.15, 0.2) is 42.9 Å². The third kappa shape index (κ3) is 1.18. The van der Waals surface area contributed by atoms with E-state index in [-0.39, 0.29) is 0 Å². The van der Waals surface area contributed by atoms with Gasteiger partial charge in [-0.15, -0.1) is 0 Å². The Morgan fingerprint density at radius 2 is 1.73 bits per heavy atom. The SMILES string of the molecule is Cc1nccc2ccc3ccncc3c12. The molecule has 72 valence electrons. The van der Waals surface area contributed by atoms with E-state index in [4.69, 9.17) is 0 Å². The van der Waals surface area contributed by atoms with Crippen molar-refractivity contribution in [3.05, 3.63) is 48.5 Å². The van der Waals surface area contributed by atoms with Crippen molar-refractivity contribution in [2.75, 3.05) is 0 Å². The summed E-state index contributed by atoms with van der Waals surface area (Å²) in [6.45, 7) is 2.04. The second-order valence-corrected chi connectivity index (χ2v) is 3.66. The second kappa shape index (κ2) is 3.02. The molecule has 0 fully saturated rings. The predicted octanol–water partition coefficient (Wildman–Crippen LogP) is 3.09. The molecule has 2 aromatic heterocycles. The molecule has 3 aromatic rings. The van der Waals surface area contributed by atoms with Gasteiger partial charge < -0.3 is 0 Å². The maximum Gasteiger partial charge on any atom is 0.0457 e. The molecule has 0 unspecified atom stereocenters. The minimum absolute atomic E-state index is 1.06. The molecule has 0 bridgehead atoms. The van der Waals surface area contributed by atoms with Crippen LogP contribution in [0.5, 0.6) is 0 Å². The van der Waals surface area contributed by atoms with E-state index in [1.165, 1.54) is 21.5 Å². The standard InChI is InChI=1S/C13H10N2/c1-9-13-11(5-7-15-9)3-2-10-4-6-14-8-12(10)13/h2-8H,1H3. The van der Waals surface area contributed by atoms with Gasteiger partial charge in [0, 0.05) is 35.1 Å². The van der Waals surface area contributed by atoms with Gasteiger partial charge in [-0.25, -0.2) is 0 Å². The van der Waals surface area contributed by atoms with Gasteiger partial charge in [-0.2, -0.15) is 0 Å². The van der Waals surface area contributed by atoms with Crippen LogP contribution in [0.2, 0.25) is 0 Å². The molecule has 0 N–H and O–H groups in total. The third-order valence-electron chi connectivity index (χ3n) is 2.74. The normalized spacial score (nSPS) is 11.0. The molecule has 0 amide bonds. The van der Waals surface area contributed by atoms with E-state index in [0.29, 0.717) is 0 Å². The molecule has 1 aromatic carbocycles. The summed E-state index contributed by atoms with van der Waals surface area (Å²) in [7, 11) is 0. The van der Waals surface area contributed by atoms with Crippen molar-refractivity contribution in [1.29, 1.82) is 0 Å². The Labute approximate surface area is 87.6 Å². The molecule has 0 saturated heterocycles. The Kier molecular flexibility index (Phi) is 1.68. The molecule has 0 radical (unpaired) electrons. The van der Waals surface area contributed by atoms with Gasteiger partial charge in [-0.3, -0.25) is 9.97 Å². The first kappa shape index (κ1) is 8.36. The average Bonchev–Trinajstić information content (AvgIpc) is 2.29. The lowest BCUT2D eigenvalue weighted by molar-refractivity contribution is 1.24. The maximum atomic E-state index is 4.33. The van der Waals surface area contributed by atoms with E-state index >= 15 is 0 Å². The van der Waals surface area contributed by atoms with E-state index in [1.54, 1.807) is 0 Å². The topological polar surface area (TPSA) is 25.8 Å². The van der Waals surface area contributed by atoms with Crippen molar-refractivity contribution in [3.63, 3.8) is 0 Å². The molecule has 2 heteroatoms. The number of hydrogen-bond donors (Lipinski definition) is 0. The molecule has 0 spiro atoms. The monoisotopic (exact) mass is 194 g/mol. The van der Waals surface area contributed by atoms with Crippen LogP contribution in [-0.2, 0) is 0 Å². The first-order chi connectivity index (χ1) is 7.36. The molecule has 0 aliphatic heterocycles. The Morgan fingerprint density at radius 1 is 0.933 bits per heavy atom. The lowest BCUT2D eigenvalue weighted by atomic mass is 10.0. The van der Waals surface area contributed by atoms with E-state index in [0.717, 1.165) is 5.69 Å². The zero-order valence-electron chi connectivity index (χ0n) is 8.44. The van der Waals surface area contributed by atoms with E-state index in [9.17, 15) is 0 Å². The Morgan fingerprint density at radius 3 is 2.67 bits per heavy atom. The number of nitrogens with zero attached hydrogens (tertiary/aromatic N) is 2. The van der Waals surface area contributed by atoms with Crippen LogP contribution in [0, 0.1) is 6.92 Å². The summed E-state index contributed by atoms with van der Waals surface area (Å²) in [6, 6.07) is 8.32. The van der Waals surface area contributed by atoms with Gasteiger partial charge in [0.2, 0.25) is 0 Å². The largest absolute Gasteiger partial charge is 0.264 e. The Hall–Kier alpha value is -1.96. The highest BCUT2D eigenvalue weighted by Crippen LogP contribution is 2.25. The fourth-order valence-corrected chi connectivity index (χ4v) is 2.01. The summed E-state index contributed by atoms with van der Waals surface area (Å²) in [5.41, 5.74) is 1.06. The number of pyridine rings is 2. The number of aryl methyl sites for hydroxylation is 1. The summed E-state index contributed by atoms with van der Waals surface area (Å²) < 4.78 is 0. The predicted molar refractivity (Wildman–Crippen MR) is 61.8 cm³/mol. The highest BCUT2D eigenvalue weighted by atomic mass is 14.7. The van der Waals surface area contributed by atoms with E-state index in [1.807, 2.05) is 37.6 Å². The molecule has 2 nitrogen and oxygen atoms in total. The van der Waals surface area contributed by atoms with Gasteiger partial charge in [0.1, 0.15) is 0 Å². The number of fused-ring (bicyclic) bond motifs is 3. The molecule has 3 rings (SSSR count). The van der Waals surface area contributed by atoms with Crippen molar-refractivity contribution in [2.24, 2.45) is 0 Å². The van der Waals surface area contributed by atoms with E-state index in [2.05, 4.69) is 22.1 Å². The first-order valence-electron chi connectivity index (χ1n) is 4.94. The van der Waals surface area contributed by atoms with Gasteiger partial charge in [-0.05, 0) is 29.8 Å². The van der Waals surface area contributed by atoms with Crippen LogP contribution in [0.4, 0.5) is 0 Å². The molecular weight excluding hydrogens is 184 g/mol. The summed E-state index contributed by atoms with van der Waals surface area (Å²) in [4.78, 5) is 8.51. The van der Waals surface area contributed by atoms with Crippen molar-refractivity contribution >= 4 is 21.5 Å². The zero-order valence-corrected chi connectivity index (χ0v) is 8.44. The summed E-state index contributed by atoms with van der Waals surface area (Å²) in [5, 5.41) is 4.83. The first-order valence-corrected chi connectivity index (χ1v) is 4.94. The second-order valence-electron chi connectivity index (χ2n) is 3.66. The Balaban J connectivity index is 2.64. The molecular formula is C13H10N2. The van der Waals surface area contributed by atoms with Crippen LogP contribution in [0.25, 0.3) is 21.5 Å². The van der Waals surface area contributed by atoms with Gasteiger partial charge >= 0.3 is 0 Å². The summed E-state index contributed by atoms with van der Waals surface area (Å²) >= 11 is 0. The van der Waals surface area contributed by atoms with Crippen LogP contribution in [-0.4, -0.2) is 9.97 Å².